The summed E-state index contributed by atoms with van der Waals surface area (Å²) in [5, 5.41) is 2.92. The van der Waals surface area contributed by atoms with E-state index < -0.39 is 23.6 Å². The summed E-state index contributed by atoms with van der Waals surface area (Å²) >= 11 is 0. The van der Waals surface area contributed by atoms with Crippen LogP contribution in [-0.4, -0.2) is 43.0 Å². The van der Waals surface area contributed by atoms with Crippen LogP contribution in [0, 0.1) is 11.6 Å². The molecule has 0 radical (unpaired) electrons. The van der Waals surface area contributed by atoms with E-state index in [0.717, 1.165) is 24.3 Å². The highest BCUT2D eigenvalue weighted by Crippen LogP contribution is 2.28. The topological polar surface area (TPSA) is 61.9 Å². The molecule has 8 heteroatoms. The minimum Gasteiger partial charge on any atom is -0.378 e. The summed E-state index contributed by atoms with van der Waals surface area (Å²) in [5.41, 5.74) is 2.99. The second kappa shape index (κ2) is 13.2. The van der Waals surface area contributed by atoms with Crippen molar-refractivity contribution in [2.24, 2.45) is 0 Å². The van der Waals surface area contributed by atoms with Gasteiger partial charge in [0.25, 0.3) is 5.91 Å². The molecule has 1 unspecified atom stereocenters. The Kier molecular flexibility index (Phi) is 9.01. The van der Waals surface area contributed by atoms with Crippen LogP contribution in [-0.2, 0) is 27.3 Å². The molecule has 4 aromatic rings. The van der Waals surface area contributed by atoms with E-state index in [0.29, 0.717) is 24.5 Å². The summed E-state index contributed by atoms with van der Waals surface area (Å²) in [6.45, 7) is 2.74. The molecule has 0 spiro atoms. The number of ether oxygens (including phenoxy) is 1. The monoisotopic (exact) mass is 555 g/mol. The van der Waals surface area contributed by atoms with Crippen LogP contribution in [0.2, 0.25) is 0 Å². The number of benzene rings is 4. The number of carbonyl (C=O) groups excluding carboxylic acids is 2. The standard InChI is InChI=1S/C33H31F2N3O3/c34-27-12-10-25(11-13-27)32(33(40)36-28-14-16-29(17-15-28)37-18-20-41-21-19-37)38(23-26-8-4-5-9-30(26)35)31(39)22-24-6-2-1-3-7-24/h1-17,32H,18-23H2,(H,36,40). The Labute approximate surface area is 238 Å². The average Bonchev–Trinajstić information content (AvgIpc) is 3.00. The third-order valence-corrected chi connectivity index (χ3v) is 7.07. The molecule has 1 aliphatic rings. The van der Waals surface area contributed by atoms with Crippen LogP contribution < -0.4 is 10.2 Å². The highest BCUT2D eigenvalue weighted by atomic mass is 19.1. The van der Waals surface area contributed by atoms with Gasteiger partial charge in [0.05, 0.1) is 19.6 Å². The fourth-order valence-corrected chi connectivity index (χ4v) is 4.91. The Bertz CT molecular complexity index is 1460. The molecule has 6 nitrogen and oxygen atoms in total. The lowest BCUT2D eigenvalue weighted by Crippen LogP contribution is -2.42. The van der Waals surface area contributed by atoms with Gasteiger partial charge >= 0.3 is 0 Å². The maximum Gasteiger partial charge on any atom is 0.251 e. The van der Waals surface area contributed by atoms with Gasteiger partial charge < -0.3 is 19.9 Å². The van der Waals surface area contributed by atoms with Crippen LogP contribution in [0.25, 0.3) is 0 Å². The molecule has 1 saturated heterocycles. The highest BCUT2D eigenvalue weighted by Gasteiger charge is 2.32. The van der Waals surface area contributed by atoms with Gasteiger partial charge in [-0.05, 0) is 53.6 Å². The van der Waals surface area contributed by atoms with Crippen molar-refractivity contribution in [1.82, 2.24) is 4.90 Å². The predicted molar refractivity (Wildman–Crippen MR) is 154 cm³/mol. The Morgan fingerprint density at radius 2 is 1.49 bits per heavy atom. The minimum atomic E-state index is -1.15. The van der Waals surface area contributed by atoms with Crippen LogP contribution in [0.15, 0.2) is 103 Å². The number of morpholine rings is 1. The number of rotatable bonds is 9. The Hall–Kier alpha value is -4.56. The fraction of sp³-hybridized carbons (Fsp3) is 0.212. The molecule has 0 bridgehead atoms. The quantitative estimate of drug-likeness (QED) is 0.286. The van der Waals surface area contributed by atoms with E-state index in [1.807, 2.05) is 42.5 Å². The van der Waals surface area contributed by atoms with Gasteiger partial charge in [0.15, 0.2) is 0 Å². The van der Waals surface area contributed by atoms with E-state index in [1.165, 1.54) is 35.2 Å². The Balaban J connectivity index is 1.47. The number of hydrogen-bond donors (Lipinski definition) is 1. The highest BCUT2D eigenvalue weighted by molar-refractivity contribution is 5.98. The molecule has 41 heavy (non-hydrogen) atoms. The van der Waals surface area contributed by atoms with Gasteiger partial charge in [-0.15, -0.1) is 0 Å². The van der Waals surface area contributed by atoms with Crippen molar-refractivity contribution in [2.75, 3.05) is 36.5 Å². The number of carbonyl (C=O) groups is 2. The van der Waals surface area contributed by atoms with E-state index >= 15 is 0 Å². The van der Waals surface area contributed by atoms with E-state index in [2.05, 4.69) is 10.2 Å². The van der Waals surface area contributed by atoms with E-state index in [1.54, 1.807) is 30.3 Å². The summed E-state index contributed by atoms with van der Waals surface area (Å²) in [5.74, 6) is -1.81. The SMILES string of the molecule is O=C(Nc1ccc(N2CCOCC2)cc1)C(c1ccc(F)cc1)N(Cc1ccccc1F)C(=O)Cc1ccccc1. The number of anilines is 2. The predicted octanol–water partition coefficient (Wildman–Crippen LogP) is 5.75. The fourth-order valence-electron chi connectivity index (χ4n) is 4.91. The molecule has 0 aliphatic carbocycles. The number of amides is 2. The van der Waals surface area contributed by atoms with Gasteiger partial charge in [0.2, 0.25) is 5.91 Å². The van der Waals surface area contributed by atoms with Gasteiger partial charge in [0.1, 0.15) is 17.7 Å². The summed E-state index contributed by atoms with van der Waals surface area (Å²) in [4.78, 5) is 31.3. The molecule has 1 N–H and O–H groups in total. The molecule has 210 valence electrons. The van der Waals surface area contributed by atoms with Crippen molar-refractivity contribution in [3.8, 4) is 0 Å². The lowest BCUT2D eigenvalue weighted by molar-refractivity contribution is -0.139. The summed E-state index contributed by atoms with van der Waals surface area (Å²) in [6.07, 6.45) is 0.00845. The maximum atomic E-state index is 14.8. The van der Waals surface area contributed by atoms with E-state index in [-0.39, 0.29) is 24.4 Å². The number of halogens is 2. The maximum absolute atomic E-state index is 14.8. The van der Waals surface area contributed by atoms with Crippen molar-refractivity contribution in [2.45, 2.75) is 19.0 Å². The molecule has 1 heterocycles. The normalized spacial score (nSPS) is 13.9. The minimum absolute atomic E-state index is 0.00845. The van der Waals surface area contributed by atoms with Crippen LogP contribution in [0.3, 0.4) is 0 Å². The van der Waals surface area contributed by atoms with Crippen LogP contribution >= 0.6 is 0 Å². The van der Waals surface area contributed by atoms with E-state index in [9.17, 15) is 18.4 Å². The summed E-state index contributed by atoms with van der Waals surface area (Å²) in [6, 6.07) is 27.1. The molecule has 5 rings (SSSR count). The van der Waals surface area contributed by atoms with Crippen molar-refractivity contribution >= 4 is 23.2 Å². The molecule has 1 aliphatic heterocycles. The van der Waals surface area contributed by atoms with Gasteiger partial charge in [-0.25, -0.2) is 8.78 Å². The molecule has 2 amide bonds. The second-order valence-corrected chi connectivity index (χ2v) is 9.87. The van der Waals surface area contributed by atoms with Crippen LogP contribution in [0.4, 0.5) is 20.2 Å². The molecule has 1 atom stereocenters. The first-order valence-corrected chi connectivity index (χ1v) is 13.5. The first-order valence-electron chi connectivity index (χ1n) is 13.5. The Morgan fingerprint density at radius 1 is 0.829 bits per heavy atom. The zero-order valence-electron chi connectivity index (χ0n) is 22.5. The van der Waals surface area contributed by atoms with Crippen molar-refractivity contribution in [3.63, 3.8) is 0 Å². The average molecular weight is 556 g/mol. The largest absolute Gasteiger partial charge is 0.378 e. The van der Waals surface area contributed by atoms with E-state index in [4.69, 9.17) is 4.74 Å². The van der Waals surface area contributed by atoms with Gasteiger partial charge in [-0.2, -0.15) is 0 Å². The van der Waals surface area contributed by atoms with Crippen molar-refractivity contribution in [1.29, 1.82) is 0 Å². The molecule has 0 saturated carbocycles. The molecule has 0 aromatic heterocycles. The molecule has 1 fully saturated rings. The summed E-state index contributed by atoms with van der Waals surface area (Å²) < 4.78 is 34.1. The second-order valence-electron chi connectivity index (χ2n) is 9.87. The lowest BCUT2D eigenvalue weighted by Gasteiger charge is -2.32. The third kappa shape index (κ3) is 7.15. The van der Waals surface area contributed by atoms with Gasteiger partial charge in [-0.1, -0.05) is 60.7 Å². The zero-order chi connectivity index (χ0) is 28.6. The van der Waals surface area contributed by atoms with Crippen LogP contribution in [0.1, 0.15) is 22.7 Å². The first kappa shape index (κ1) is 28.0. The first-order chi connectivity index (χ1) is 20.0. The Morgan fingerprint density at radius 3 is 2.17 bits per heavy atom. The lowest BCUT2D eigenvalue weighted by atomic mass is 10.0. The zero-order valence-corrected chi connectivity index (χ0v) is 22.5. The van der Waals surface area contributed by atoms with Gasteiger partial charge in [-0.3, -0.25) is 9.59 Å². The summed E-state index contributed by atoms with van der Waals surface area (Å²) in [7, 11) is 0. The third-order valence-electron chi connectivity index (χ3n) is 7.07. The van der Waals surface area contributed by atoms with Crippen molar-refractivity contribution in [3.05, 3.63) is 131 Å². The number of nitrogens with zero attached hydrogens (tertiary/aromatic N) is 2. The number of hydrogen-bond acceptors (Lipinski definition) is 4. The number of nitrogens with one attached hydrogen (secondary N) is 1. The van der Waals surface area contributed by atoms with Crippen molar-refractivity contribution < 1.29 is 23.1 Å². The molecule has 4 aromatic carbocycles. The van der Waals surface area contributed by atoms with Gasteiger partial charge in [0, 0.05) is 36.6 Å². The van der Waals surface area contributed by atoms with Crippen LogP contribution in [0.5, 0.6) is 0 Å². The molecular weight excluding hydrogens is 524 g/mol. The molecular formula is C33H31F2N3O3. The smallest absolute Gasteiger partial charge is 0.251 e.